The number of hydrogen-bond donors (Lipinski definition) is 1. The van der Waals surface area contributed by atoms with Crippen molar-refractivity contribution in [2.45, 2.75) is 57.7 Å². The largest absolute Gasteiger partial charge is 0.362 e. The first-order chi connectivity index (χ1) is 9.13. The van der Waals surface area contributed by atoms with E-state index in [0.717, 1.165) is 50.0 Å². The van der Waals surface area contributed by atoms with E-state index in [9.17, 15) is 4.79 Å². The lowest BCUT2D eigenvalue weighted by atomic mass is 9.99. The minimum Gasteiger partial charge on any atom is -0.362 e. The van der Waals surface area contributed by atoms with Gasteiger partial charge in [0.2, 0.25) is 0 Å². The second-order valence-electron chi connectivity index (χ2n) is 5.78. The Morgan fingerprint density at radius 3 is 3.26 bits per heavy atom. The second-order valence-corrected chi connectivity index (χ2v) is 5.78. The second kappa shape index (κ2) is 4.63. The molecule has 0 bridgehead atoms. The number of carbonyl (C=O) groups excluding carboxylic acids is 1. The van der Waals surface area contributed by atoms with Crippen molar-refractivity contribution in [1.82, 2.24) is 10.2 Å². The fraction of sp³-hybridized carbons (Fsp3) is 0.714. The smallest absolute Gasteiger partial charge is 0.256 e. The van der Waals surface area contributed by atoms with E-state index >= 15 is 0 Å². The van der Waals surface area contributed by atoms with Crippen molar-refractivity contribution in [3.05, 3.63) is 11.9 Å². The molecule has 0 aromatic carbocycles. The molecule has 1 aromatic rings. The van der Waals surface area contributed by atoms with Gasteiger partial charge >= 0.3 is 0 Å². The lowest BCUT2D eigenvalue weighted by molar-refractivity contribution is -0.133. The average Bonchev–Trinajstić information content (AvgIpc) is 3.04. The van der Waals surface area contributed by atoms with Crippen LogP contribution in [-0.2, 0) is 16.0 Å². The molecular formula is C14H21N3O2. The summed E-state index contributed by atoms with van der Waals surface area (Å²) in [5, 5.41) is 7.02. The quantitative estimate of drug-likeness (QED) is 0.888. The third kappa shape index (κ3) is 2.16. The van der Waals surface area contributed by atoms with Crippen LogP contribution >= 0.6 is 0 Å². The monoisotopic (exact) mass is 263 g/mol. The van der Waals surface area contributed by atoms with E-state index in [0.29, 0.717) is 0 Å². The van der Waals surface area contributed by atoms with E-state index in [2.05, 4.69) is 24.0 Å². The SMILES string of the molecule is CCC1(C)CCC(C(=O)N2CCCc3[nH]ncc32)O1. The Morgan fingerprint density at radius 1 is 1.68 bits per heavy atom. The van der Waals surface area contributed by atoms with Gasteiger partial charge in [0.15, 0.2) is 0 Å². The highest BCUT2D eigenvalue weighted by Gasteiger charge is 2.40. The molecule has 0 spiro atoms. The predicted octanol–water partition coefficient (Wildman–Crippen LogP) is 2.04. The number of carbonyl (C=O) groups is 1. The number of hydrogen-bond acceptors (Lipinski definition) is 3. The van der Waals surface area contributed by atoms with Crippen molar-refractivity contribution in [3.63, 3.8) is 0 Å². The molecule has 0 aliphatic carbocycles. The van der Waals surface area contributed by atoms with Crippen LogP contribution < -0.4 is 4.90 Å². The maximum Gasteiger partial charge on any atom is 0.256 e. The zero-order valence-electron chi connectivity index (χ0n) is 11.6. The Hall–Kier alpha value is -1.36. The highest BCUT2D eigenvalue weighted by Crippen LogP contribution is 2.35. The molecule has 3 heterocycles. The summed E-state index contributed by atoms with van der Waals surface area (Å²) < 4.78 is 5.98. The van der Waals surface area contributed by atoms with Gasteiger partial charge in [-0.25, -0.2) is 0 Å². The Labute approximate surface area is 113 Å². The minimum absolute atomic E-state index is 0.0968. The summed E-state index contributed by atoms with van der Waals surface area (Å²) in [5.74, 6) is 0.0968. The van der Waals surface area contributed by atoms with E-state index in [4.69, 9.17) is 4.74 Å². The first-order valence-corrected chi connectivity index (χ1v) is 7.14. The molecule has 5 heteroatoms. The maximum atomic E-state index is 12.6. The molecule has 2 aliphatic rings. The summed E-state index contributed by atoms with van der Waals surface area (Å²) in [6.45, 7) is 4.98. The standard InChI is InChI=1S/C14H21N3O2/c1-3-14(2)7-6-12(19-14)13(18)17-8-4-5-10-11(17)9-15-16-10/h9,12H,3-8H2,1-2H3,(H,15,16). The summed E-state index contributed by atoms with van der Waals surface area (Å²) in [7, 11) is 0. The molecule has 5 nitrogen and oxygen atoms in total. The molecular weight excluding hydrogens is 242 g/mol. The molecule has 2 aliphatic heterocycles. The molecule has 2 unspecified atom stereocenters. The lowest BCUT2D eigenvalue weighted by Crippen LogP contribution is -2.42. The fourth-order valence-electron chi connectivity index (χ4n) is 2.99. The number of anilines is 1. The van der Waals surface area contributed by atoms with Crippen molar-refractivity contribution in [2.75, 3.05) is 11.4 Å². The molecule has 0 saturated carbocycles. The van der Waals surface area contributed by atoms with Gasteiger partial charge in [0.25, 0.3) is 5.91 Å². The highest BCUT2D eigenvalue weighted by molar-refractivity contribution is 5.97. The van der Waals surface area contributed by atoms with Gasteiger partial charge in [0, 0.05) is 6.54 Å². The van der Waals surface area contributed by atoms with Gasteiger partial charge in [-0.05, 0) is 39.0 Å². The van der Waals surface area contributed by atoms with Gasteiger partial charge in [-0.15, -0.1) is 0 Å². The van der Waals surface area contributed by atoms with Crippen LogP contribution in [0, 0.1) is 0 Å². The van der Waals surface area contributed by atoms with Gasteiger partial charge in [-0.2, -0.15) is 5.10 Å². The number of nitrogens with one attached hydrogen (secondary N) is 1. The van der Waals surface area contributed by atoms with Crippen LogP contribution in [0.3, 0.4) is 0 Å². The summed E-state index contributed by atoms with van der Waals surface area (Å²) >= 11 is 0. The Morgan fingerprint density at radius 2 is 2.53 bits per heavy atom. The molecule has 1 amide bonds. The number of H-pyrrole nitrogens is 1. The molecule has 0 radical (unpaired) electrons. The third-order valence-electron chi connectivity index (χ3n) is 4.45. The van der Waals surface area contributed by atoms with Crippen molar-refractivity contribution < 1.29 is 9.53 Å². The number of ether oxygens (including phenoxy) is 1. The number of nitrogens with zero attached hydrogens (tertiary/aromatic N) is 2. The van der Waals surface area contributed by atoms with Crippen molar-refractivity contribution in [3.8, 4) is 0 Å². The number of aromatic nitrogens is 2. The molecule has 19 heavy (non-hydrogen) atoms. The van der Waals surface area contributed by atoms with Crippen LogP contribution in [0.1, 0.15) is 45.2 Å². The van der Waals surface area contributed by atoms with Crippen LogP contribution in [0.4, 0.5) is 5.69 Å². The minimum atomic E-state index is -0.286. The maximum absolute atomic E-state index is 12.6. The summed E-state index contributed by atoms with van der Waals surface area (Å²) in [6, 6.07) is 0. The van der Waals surface area contributed by atoms with Gasteiger partial charge in [0.05, 0.1) is 23.2 Å². The van der Waals surface area contributed by atoms with E-state index in [1.165, 1.54) is 0 Å². The van der Waals surface area contributed by atoms with Gasteiger partial charge in [-0.3, -0.25) is 9.89 Å². The first kappa shape index (κ1) is 12.7. The van der Waals surface area contributed by atoms with E-state index in [1.54, 1.807) is 6.20 Å². The number of amides is 1. The summed E-state index contributed by atoms with van der Waals surface area (Å²) in [6.07, 6.45) is 6.16. The Balaban J connectivity index is 1.76. The number of fused-ring (bicyclic) bond motifs is 1. The van der Waals surface area contributed by atoms with Crippen molar-refractivity contribution >= 4 is 11.6 Å². The zero-order chi connectivity index (χ0) is 13.5. The van der Waals surface area contributed by atoms with Gasteiger partial charge < -0.3 is 9.64 Å². The van der Waals surface area contributed by atoms with E-state index in [-0.39, 0.29) is 17.6 Å². The van der Waals surface area contributed by atoms with Gasteiger partial charge in [-0.1, -0.05) is 6.92 Å². The van der Waals surface area contributed by atoms with Crippen LogP contribution in [0.2, 0.25) is 0 Å². The molecule has 1 fully saturated rings. The lowest BCUT2D eigenvalue weighted by Gasteiger charge is -2.29. The zero-order valence-corrected chi connectivity index (χ0v) is 11.6. The van der Waals surface area contributed by atoms with E-state index in [1.807, 2.05) is 4.90 Å². The Kier molecular flexibility index (Phi) is 3.09. The average molecular weight is 263 g/mol. The number of aromatic amines is 1. The van der Waals surface area contributed by atoms with Crippen LogP contribution in [0.15, 0.2) is 6.20 Å². The van der Waals surface area contributed by atoms with Crippen LogP contribution in [0.25, 0.3) is 0 Å². The molecule has 1 N–H and O–H groups in total. The topological polar surface area (TPSA) is 58.2 Å². The third-order valence-corrected chi connectivity index (χ3v) is 4.45. The first-order valence-electron chi connectivity index (χ1n) is 7.14. The fourth-order valence-corrected chi connectivity index (χ4v) is 2.99. The van der Waals surface area contributed by atoms with Crippen LogP contribution in [0.5, 0.6) is 0 Å². The molecule has 1 aromatic heterocycles. The molecule has 1 saturated heterocycles. The molecule has 2 atom stereocenters. The van der Waals surface area contributed by atoms with Crippen LogP contribution in [-0.4, -0.2) is 34.4 Å². The summed E-state index contributed by atoms with van der Waals surface area (Å²) in [4.78, 5) is 14.5. The predicted molar refractivity (Wildman–Crippen MR) is 72.1 cm³/mol. The van der Waals surface area contributed by atoms with E-state index < -0.39 is 0 Å². The molecule has 104 valence electrons. The normalized spacial score (nSPS) is 30.4. The number of aryl methyl sites for hydroxylation is 1. The van der Waals surface area contributed by atoms with Crippen molar-refractivity contribution in [1.29, 1.82) is 0 Å². The number of rotatable bonds is 2. The van der Waals surface area contributed by atoms with Crippen molar-refractivity contribution in [2.24, 2.45) is 0 Å². The highest BCUT2D eigenvalue weighted by atomic mass is 16.5. The summed E-state index contributed by atoms with van der Waals surface area (Å²) in [5.41, 5.74) is 1.87. The molecule has 3 rings (SSSR count). The van der Waals surface area contributed by atoms with Gasteiger partial charge in [0.1, 0.15) is 6.10 Å². The Bertz CT molecular complexity index is 485.